The Kier molecular flexibility index (Phi) is 4.18. The third kappa shape index (κ3) is 3.25. The van der Waals surface area contributed by atoms with E-state index in [2.05, 4.69) is 0 Å². The van der Waals surface area contributed by atoms with Crippen LogP contribution in [0.5, 0.6) is 5.75 Å². The summed E-state index contributed by atoms with van der Waals surface area (Å²) >= 11 is 0. The Hall–Kier alpha value is -0.995. The van der Waals surface area contributed by atoms with Crippen molar-refractivity contribution in [2.75, 3.05) is 0 Å². The minimum Gasteiger partial charge on any atom is -0.491 e. The van der Waals surface area contributed by atoms with Crippen LogP contribution in [0.1, 0.15) is 26.3 Å². The lowest BCUT2D eigenvalue weighted by Gasteiger charge is -2.14. The molecule has 1 aromatic rings. The minimum absolute atomic E-state index is 0.125. The third-order valence-corrected chi connectivity index (χ3v) is 2.13. The average Bonchev–Trinajstić information content (AvgIpc) is 2.17. The topological polar surface area (TPSA) is 49.7 Å². The molecule has 3 nitrogen and oxygen atoms in total. The van der Waals surface area contributed by atoms with Gasteiger partial charge >= 0.3 is 7.12 Å². The van der Waals surface area contributed by atoms with Gasteiger partial charge in [-0.05, 0) is 37.4 Å². The second kappa shape index (κ2) is 5.19. The number of ether oxygens (including phenoxy) is 1. The third-order valence-electron chi connectivity index (χ3n) is 2.13. The average molecular weight is 208 g/mol. The zero-order valence-electron chi connectivity index (χ0n) is 9.40. The smallest absolute Gasteiger partial charge is 0.488 e. The lowest BCUT2D eigenvalue weighted by Crippen LogP contribution is -2.30. The fourth-order valence-corrected chi connectivity index (χ4v) is 1.41. The lowest BCUT2D eigenvalue weighted by atomic mass is 9.79. The number of rotatable bonds is 4. The van der Waals surface area contributed by atoms with Crippen molar-refractivity contribution >= 4 is 12.6 Å². The van der Waals surface area contributed by atoms with Gasteiger partial charge in [-0.2, -0.15) is 0 Å². The molecule has 4 heteroatoms. The molecule has 0 unspecified atom stereocenters. The summed E-state index contributed by atoms with van der Waals surface area (Å²) in [5.74, 6) is 0.817. The Labute approximate surface area is 90.9 Å². The molecule has 1 aromatic carbocycles. The number of hydrogen-bond acceptors (Lipinski definition) is 3. The maximum absolute atomic E-state index is 9.03. The molecule has 2 N–H and O–H groups in total. The molecule has 0 aliphatic rings. The largest absolute Gasteiger partial charge is 0.491 e. The highest BCUT2D eigenvalue weighted by Crippen LogP contribution is 2.18. The molecule has 0 atom stereocenters. The highest BCUT2D eigenvalue weighted by Gasteiger charge is 2.13. The van der Waals surface area contributed by atoms with Crippen LogP contribution in [0.2, 0.25) is 0 Å². The summed E-state index contributed by atoms with van der Waals surface area (Å²) in [7, 11) is -1.41. The van der Waals surface area contributed by atoms with Crippen LogP contribution in [0.25, 0.3) is 0 Å². The fraction of sp³-hybridized carbons (Fsp3) is 0.455. The maximum Gasteiger partial charge on any atom is 0.488 e. The van der Waals surface area contributed by atoms with E-state index in [1.54, 1.807) is 18.2 Å². The summed E-state index contributed by atoms with van der Waals surface area (Å²) in [6.45, 7) is 5.94. The van der Waals surface area contributed by atoms with Crippen molar-refractivity contribution in [2.45, 2.75) is 33.3 Å². The van der Waals surface area contributed by atoms with Crippen molar-refractivity contribution in [1.82, 2.24) is 0 Å². The second-order valence-electron chi connectivity index (χ2n) is 3.76. The van der Waals surface area contributed by atoms with Crippen LogP contribution in [0.4, 0.5) is 0 Å². The SMILES string of the molecule is CCc1cc(B(O)O)ccc1OC(C)C. The number of hydrogen-bond donors (Lipinski definition) is 2. The first-order chi connectivity index (χ1) is 7.04. The Balaban J connectivity index is 2.98. The van der Waals surface area contributed by atoms with Crippen molar-refractivity contribution < 1.29 is 14.8 Å². The molecular weight excluding hydrogens is 191 g/mol. The van der Waals surface area contributed by atoms with Crippen molar-refractivity contribution in [1.29, 1.82) is 0 Å². The van der Waals surface area contributed by atoms with Gasteiger partial charge in [-0.1, -0.05) is 19.1 Å². The van der Waals surface area contributed by atoms with Gasteiger partial charge in [-0.3, -0.25) is 0 Å². The molecule has 0 radical (unpaired) electrons. The van der Waals surface area contributed by atoms with E-state index in [0.29, 0.717) is 5.46 Å². The van der Waals surface area contributed by atoms with Gasteiger partial charge in [-0.25, -0.2) is 0 Å². The first-order valence-corrected chi connectivity index (χ1v) is 5.20. The molecule has 0 amide bonds. The Morgan fingerprint density at radius 2 is 2.00 bits per heavy atom. The van der Waals surface area contributed by atoms with E-state index in [4.69, 9.17) is 14.8 Å². The Morgan fingerprint density at radius 3 is 2.47 bits per heavy atom. The summed E-state index contributed by atoms with van der Waals surface area (Å²) < 4.78 is 5.61. The highest BCUT2D eigenvalue weighted by atomic mass is 16.5. The van der Waals surface area contributed by atoms with Crippen molar-refractivity contribution in [3.05, 3.63) is 23.8 Å². The monoisotopic (exact) mass is 208 g/mol. The Bertz CT molecular complexity index is 324. The van der Waals surface area contributed by atoms with E-state index in [0.717, 1.165) is 17.7 Å². The van der Waals surface area contributed by atoms with Crippen LogP contribution in [-0.4, -0.2) is 23.3 Å². The normalized spacial score (nSPS) is 10.5. The summed E-state index contributed by atoms with van der Waals surface area (Å²) in [6.07, 6.45) is 0.933. The Morgan fingerprint density at radius 1 is 1.33 bits per heavy atom. The molecule has 1 rings (SSSR count). The van der Waals surface area contributed by atoms with E-state index in [1.165, 1.54) is 0 Å². The zero-order chi connectivity index (χ0) is 11.4. The van der Waals surface area contributed by atoms with Crippen LogP contribution >= 0.6 is 0 Å². The molecule has 0 spiro atoms. The van der Waals surface area contributed by atoms with Gasteiger partial charge < -0.3 is 14.8 Å². The van der Waals surface area contributed by atoms with Crippen LogP contribution in [0, 0.1) is 0 Å². The van der Waals surface area contributed by atoms with Crippen molar-refractivity contribution in [3.8, 4) is 5.75 Å². The molecule has 0 fully saturated rings. The van der Waals surface area contributed by atoms with Gasteiger partial charge in [0.15, 0.2) is 0 Å². The molecule has 0 heterocycles. The minimum atomic E-state index is -1.41. The molecule has 15 heavy (non-hydrogen) atoms. The molecule has 0 aromatic heterocycles. The molecule has 0 aliphatic carbocycles. The molecule has 0 bridgehead atoms. The van der Waals surface area contributed by atoms with Gasteiger partial charge in [0, 0.05) is 0 Å². The van der Waals surface area contributed by atoms with Gasteiger partial charge in [-0.15, -0.1) is 0 Å². The molecular formula is C11H17BO3. The summed E-state index contributed by atoms with van der Waals surface area (Å²) in [4.78, 5) is 0. The molecule has 0 aliphatic heterocycles. The van der Waals surface area contributed by atoms with E-state index in [-0.39, 0.29) is 6.10 Å². The summed E-state index contributed by atoms with van der Waals surface area (Å²) in [6, 6.07) is 5.22. The van der Waals surface area contributed by atoms with Crippen LogP contribution < -0.4 is 10.2 Å². The molecule has 0 saturated carbocycles. The standard InChI is InChI=1S/C11H17BO3/c1-4-9-7-10(12(13)14)5-6-11(9)15-8(2)3/h5-8,13-14H,4H2,1-3H3. The van der Waals surface area contributed by atoms with Gasteiger partial charge in [0.25, 0.3) is 0 Å². The van der Waals surface area contributed by atoms with Gasteiger partial charge in [0.05, 0.1) is 6.10 Å². The van der Waals surface area contributed by atoms with Crippen LogP contribution in [0.15, 0.2) is 18.2 Å². The summed E-state index contributed by atoms with van der Waals surface area (Å²) in [5.41, 5.74) is 1.50. The highest BCUT2D eigenvalue weighted by molar-refractivity contribution is 6.58. The lowest BCUT2D eigenvalue weighted by molar-refractivity contribution is 0.240. The van der Waals surface area contributed by atoms with E-state index >= 15 is 0 Å². The summed E-state index contributed by atoms with van der Waals surface area (Å²) in [5, 5.41) is 18.1. The number of aryl methyl sites for hydroxylation is 1. The van der Waals surface area contributed by atoms with Crippen molar-refractivity contribution in [2.24, 2.45) is 0 Å². The quantitative estimate of drug-likeness (QED) is 0.716. The first kappa shape index (κ1) is 12.1. The first-order valence-electron chi connectivity index (χ1n) is 5.20. The fourth-order valence-electron chi connectivity index (χ4n) is 1.41. The van der Waals surface area contributed by atoms with E-state index in [1.807, 2.05) is 20.8 Å². The van der Waals surface area contributed by atoms with Gasteiger partial charge in [0.2, 0.25) is 0 Å². The zero-order valence-corrected chi connectivity index (χ0v) is 9.40. The maximum atomic E-state index is 9.03. The van der Waals surface area contributed by atoms with Crippen LogP contribution in [-0.2, 0) is 6.42 Å². The van der Waals surface area contributed by atoms with Crippen LogP contribution in [0.3, 0.4) is 0 Å². The van der Waals surface area contributed by atoms with E-state index in [9.17, 15) is 0 Å². The predicted molar refractivity (Wildman–Crippen MR) is 61.4 cm³/mol. The van der Waals surface area contributed by atoms with E-state index < -0.39 is 7.12 Å². The molecule has 0 saturated heterocycles. The van der Waals surface area contributed by atoms with Gasteiger partial charge in [0.1, 0.15) is 5.75 Å². The van der Waals surface area contributed by atoms with Crippen molar-refractivity contribution in [3.63, 3.8) is 0 Å². The predicted octanol–water partition coefficient (Wildman–Crippen LogP) is 0.716. The molecule has 82 valence electrons. The second-order valence-corrected chi connectivity index (χ2v) is 3.76. The number of benzene rings is 1.